The number of aromatic nitrogens is 1. The number of ether oxygens (including phenoxy) is 1. The number of carbonyl (C=O) groups is 4. The lowest BCUT2D eigenvalue weighted by atomic mass is 9.98. The first kappa shape index (κ1) is 31.7. The number of hydrogen-bond acceptors (Lipinski definition) is 7. The highest BCUT2D eigenvalue weighted by molar-refractivity contribution is 6.01. The highest BCUT2D eigenvalue weighted by atomic mass is 16.5. The minimum Gasteiger partial charge on any atom is -0.494 e. The number of piperazine rings is 1. The topological polar surface area (TPSA) is 144 Å². The highest BCUT2D eigenvalue weighted by Gasteiger charge is 2.37. The van der Waals surface area contributed by atoms with Crippen LogP contribution in [0.5, 0.6) is 5.75 Å². The first-order valence-corrected chi connectivity index (χ1v) is 14.8. The Hall–Kier alpha value is -4.19. The summed E-state index contributed by atoms with van der Waals surface area (Å²) in [5.74, 6) is 0.00210. The van der Waals surface area contributed by atoms with Crippen molar-refractivity contribution in [2.45, 2.75) is 71.3 Å². The van der Waals surface area contributed by atoms with Crippen LogP contribution < -0.4 is 20.4 Å². The average molecular weight is 595 g/mol. The molecule has 1 aliphatic heterocycles. The molecule has 2 fully saturated rings. The van der Waals surface area contributed by atoms with Gasteiger partial charge in [-0.3, -0.25) is 19.7 Å². The van der Waals surface area contributed by atoms with E-state index in [1.165, 1.54) is 31.9 Å². The van der Waals surface area contributed by atoms with E-state index >= 15 is 0 Å². The molecule has 1 saturated heterocycles. The molecule has 232 valence electrons. The Morgan fingerprint density at radius 2 is 1.91 bits per heavy atom. The lowest BCUT2D eigenvalue weighted by molar-refractivity contribution is -0.143. The molecule has 1 aromatic heterocycles. The molecular weight excluding hydrogens is 552 g/mol. The normalized spacial score (nSPS) is 17.7. The van der Waals surface area contributed by atoms with Crippen molar-refractivity contribution < 1.29 is 29.0 Å². The molecule has 1 atom stereocenters. The molecule has 2 aliphatic rings. The smallest absolute Gasteiger partial charge is 0.324 e. The third-order valence-electron chi connectivity index (χ3n) is 7.94. The highest BCUT2D eigenvalue weighted by Crippen LogP contribution is 2.37. The van der Waals surface area contributed by atoms with Crippen LogP contribution in [0.25, 0.3) is 0 Å². The Balaban J connectivity index is 1.54. The number of aliphatic carboxylic acids is 1. The first-order valence-electron chi connectivity index (χ1n) is 14.8. The van der Waals surface area contributed by atoms with Gasteiger partial charge < -0.3 is 20.1 Å². The number of rotatable bonds is 11. The van der Waals surface area contributed by atoms with Crippen LogP contribution in [-0.2, 0) is 14.4 Å². The summed E-state index contributed by atoms with van der Waals surface area (Å²) in [4.78, 5) is 56.2. The van der Waals surface area contributed by atoms with E-state index in [9.17, 15) is 19.2 Å². The Morgan fingerprint density at radius 3 is 2.56 bits per heavy atom. The van der Waals surface area contributed by atoms with Gasteiger partial charge in [-0.25, -0.2) is 14.8 Å². The molecule has 43 heavy (non-hydrogen) atoms. The quantitative estimate of drug-likeness (QED) is 0.340. The number of nitrogens with one attached hydrogen (secondary N) is 2. The molecule has 1 unspecified atom stereocenters. The fourth-order valence-electron chi connectivity index (χ4n) is 6.01. The van der Waals surface area contributed by atoms with Gasteiger partial charge >= 0.3 is 12.0 Å². The third kappa shape index (κ3) is 8.01. The molecule has 4 amide bonds. The number of hydrogen-bond donors (Lipinski definition) is 3. The van der Waals surface area contributed by atoms with Crippen molar-refractivity contribution in [3.63, 3.8) is 0 Å². The molecule has 4 rings (SSSR count). The van der Waals surface area contributed by atoms with E-state index in [4.69, 9.17) is 9.84 Å². The first-order chi connectivity index (χ1) is 20.6. The summed E-state index contributed by atoms with van der Waals surface area (Å²) in [6, 6.07) is 8.21. The van der Waals surface area contributed by atoms with E-state index in [-0.39, 0.29) is 43.3 Å². The van der Waals surface area contributed by atoms with Crippen molar-refractivity contribution in [3.8, 4) is 5.75 Å². The molecule has 12 nitrogen and oxygen atoms in total. The predicted octanol–water partition coefficient (Wildman–Crippen LogP) is 4.69. The maximum atomic E-state index is 13.0. The standard InChI is InChI=1S/C31H42N6O6/c1-20(2)16-24-18-35(15-13-29(40)41)28(39)19-36(24)37(21(3)38)23-11-12-26(27(17-23)43-4)33-31(42)34-30-25(10-7-14-32-30)22-8-5-6-9-22/h7,10-12,14,17,20,22,24H,5-6,8-9,13,15-16,18-19H2,1-4H3,(H,40,41)(H2,32,33,34,42). The number of benzene rings is 1. The fourth-order valence-corrected chi connectivity index (χ4v) is 6.01. The van der Waals surface area contributed by atoms with Crippen LogP contribution >= 0.6 is 0 Å². The zero-order chi connectivity index (χ0) is 31.1. The van der Waals surface area contributed by atoms with Crippen molar-refractivity contribution in [2.75, 3.05) is 42.4 Å². The summed E-state index contributed by atoms with van der Waals surface area (Å²) in [5.41, 5.74) is 1.91. The van der Waals surface area contributed by atoms with Crippen LogP contribution in [0.3, 0.4) is 0 Å². The summed E-state index contributed by atoms with van der Waals surface area (Å²) in [6.45, 7) is 5.90. The SMILES string of the molecule is COc1cc(N(C(C)=O)N2CC(=O)N(CCC(=O)O)CC2CC(C)C)ccc1NC(=O)Nc1ncccc1C1CCCC1. The number of nitrogens with zero attached hydrogens (tertiary/aromatic N) is 4. The van der Waals surface area contributed by atoms with Crippen molar-refractivity contribution >= 4 is 41.0 Å². The molecule has 0 spiro atoms. The molecule has 3 N–H and O–H groups in total. The van der Waals surface area contributed by atoms with Gasteiger partial charge in [0.25, 0.3) is 0 Å². The molecule has 1 saturated carbocycles. The Kier molecular flexibility index (Phi) is 10.6. The van der Waals surface area contributed by atoms with E-state index in [1.807, 2.05) is 12.1 Å². The van der Waals surface area contributed by atoms with E-state index in [1.54, 1.807) is 34.3 Å². The number of methoxy groups -OCH3 is 1. The number of urea groups is 1. The van der Waals surface area contributed by atoms with Gasteiger partial charge in [-0.1, -0.05) is 32.8 Å². The minimum atomic E-state index is -0.968. The van der Waals surface area contributed by atoms with E-state index in [0.29, 0.717) is 41.8 Å². The lowest BCUT2D eigenvalue weighted by Gasteiger charge is -2.46. The van der Waals surface area contributed by atoms with Crippen LogP contribution in [0.1, 0.15) is 70.8 Å². The summed E-state index contributed by atoms with van der Waals surface area (Å²) in [6.07, 6.45) is 6.68. The maximum Gasteiger partial charge on any atom is 0.324 e. The average Bonchev–Trinajstić information content (AvgIpc) is 3.49. The lowest BCUT2D eigenvalue weighted by Crippen LogP contribution is -2.63. The van der Waals surface area contributed by atoms with E-state index in [2.05, 4.69) is 29.5 Å². The van der Waals surface area contributed by atoms with Crippen molar-refractivity contribution in [1.29, 1.82) is 0 Å². The number of carboxylic acids is 1. The van der Waals surface area contributed by atoms with Crippen molar-refractivity contribution in [1.82, 2.24) is 14.9 Å². The second-order valence-electron chi connectivity index (χ2n) is 11.6. The Labute approximate surface area is 252 Å². The summed E-state index contributed by atoms with van der Waals surface area (Å²) < 4.78 is 5.60. The Bertz CT molecular complexity index is 1330. The number of amides is 4. The Morgan fingerprint density at radius 1 is 1.16 bits per heavy atom. The van der Waals surface area contributed by atoms with E-state index < -0.39 is 12.0 Å². The number of hydrazine groups is 1. The fraction of sp³-hybridized carbons (Fsp3) is 0.516. The van der Waals surface area contributed by atoms with Gasteiger partial charge in [-0.2, -0.15) is 5.01 Å². The van der Waals surface area contributed by atoms with Gasteiger partial charge in [0.1, 0.15) is 11.6 Å². The van der Waals surface area contributed by atoms with Gasteiger partial charge in [0.2, 0.25) is 11.8 Å². The van der Waals surface area contributed by atoms with Crippen LogP contribution in [0.15, 0.2) is 36.5 Å². The van der Waals surface area contributed by atoms with Gasteiger partial charge in [0, 0.05) is 38.3 Å². The second kappa shape index (κ2) is 14.3. The van der Waals surface area contributed by atoms with Gasteiger partial charge in [0.15, 0.2) is 0 Å². The summed E-state index contributed by atoms with van der Waals surface area (Å²) in [7, 11) is 1.48. The number of anilines is 3. The van der Waals surface area contributed by atoms with Gasteiger partial charge in [-0.05, 0) is 54.9 Å². The van der Waals surface area contributed by atoms with Crippen LogP contribution in [0.4, 0.5) is 22.0 Å². The number of carboxylic acid groups (broad SMARTS) is 1. The van der Waals surface area contributed by atoms with E-state index in [0.717, 1.165) is 18.4 Å². The number of pyridine rings is 1. The monoisotopic (exact) mass is 594 g/mol. The predicted molar refractivity (Wildman–Crippen MR) is 163 cm³/mol. The second-order valence-corrected chi connectivity index (χ2v) is 11.6. The van der Waals surface area contributed by atoms with Crippen LogP contribution in [0.2, 0.25) is 0 Å². The summed E-state index contributed by atoms with van der Waals surface area (Å²) >= 11 is 0. The van der Waals surface area contributed by atoms with Crippen molar-refractivity contribution in [3.05, 3.63) is 42.1 Å². The van der Waals surface area contributed by atoms with Gasteiger partial charge in [0.05, 0.1) is 31.5 Å². The molecule has 2 aromatic rings. The molecule has 12 heteroatoms. The molecule has 0 bridgehead atoms. The zero-order valence-corrected chi connectivity index (χ0v) is 25.3. The maximum absolute atomic E-state index is 13.0. The molecular formula is C31H42N6O6. The van der Waals surface area contributed by atoms with Crippen LogP contribution in [-0.4, -0.2) is 76.6 Å². The largest absolute Gasteiger partial charge is 0.494 e. The molecule has 2 heterocycles. The van der Waals surface area contributed by atoms with Gasteiger partial charge in [-0.15, -0.1) is 0 Å². The molecule has 1 aliphatic carbocycles. The molecule has 0 radical (unpaired) electrons. The van der Waals surface area contributed by atoms with Crippen molar-refractivity contribution in [2.24, 2.45) is 5.92 Å². The minimum absolute atomic E-state index is 0.0747. The summed E-state index contributed by atoms with van der Waals surface area (Å²) in [5, 5.41) is 18.0. The zero-order valence-electron chi connectivity index (χ0n) is 25.3. The third-order valence-corrected chi connectivity index (χ3v) is 7.94. The van der Waals surface area contributed by atoms with Crippen LogP contribution in [0, 0.1) is 5.92 Å². The number of carbonyl (C=O) groups excluding carboxylic acids is 3. The molecule has 1 aromatic carbocycles.